The van der Waals surface area contributed by atoms with E-state index in [1.165, 1.54) is 11.6 Å². The quantitative estimate of drug-likeness (QED) is 0.345. The Hall–Kier alpha value is -3.10. The Labute approximate surface area is 249 Å². The molecule has 3 aromatic rings. The van der Waals surface area contributed by atoms with Crippen LogP contribution < -0.4 is 5.32 Å². The summed E-state index contributed by atoms with van der Waals surface area (Å²) < 4.78 is 20.5. The number of nitrogens with one attached hydrogen (secondary N) is 1. The van der Waals surface area contributed by atoms with E-state index in [2.05, 4.69) is 61.3 Å². The van der Waals surface area contributed by atoms with E-state index in [-0.39, 0.29) is 16.9 Å². The lowest BCUT2D eigenvalue weighted by molar-refractivity contribution is -0.128. The maximum atomic E-state index is 15.1. The molecule has 2 heterocycles. The number of aliphatic hydroxyl groups excluding tert-OH is 1. The molecule has 0 aromatic heterocycles. The number of amides is 1. The number of hydrogen-bond acceptors (Lipinski definition) is 5. The van der Waals surface area contributed by atoms with Gasteiger partial charge in [0.25, 0.3) is 0 Å². The Morgan fingerprint density at radius 3 is 2.45 bits per heavy atom. The van der Waals surface area contributed by atoms with E-state index in [0.29, 0.717) is 18.5 Å². The van der Waals surface area contributed by atoms with Gasteiger partial charge in [0.2, 0.25) is 5.91 Å². The Kier molecular flexibility index (Phi) is 9.43. The van der Waals surface area contributed by atoms with Crippen LogP contribution in [0.2, 0.25) is 0 Å². The molecular formula is C35H44FN3O3. The van der Waals surface area contributed by atoms with Gasteiger partial charge in [-0.25, -0.2) is 4.39 Å². The monoisotopic (exact) mass is 573 g/mol. The highest BCUT2D eigenvalue weighted by Crippen LogP contribution is 2.42. The Bertz CT molecular complexity index is 1340. The number of halogens is 1. The van der Waals surface area contributed by atoms with Crippen LogP contribution in [-0.2, 0) is 21.5 Å². The largest absolute Gasteiger partial charge is 0.379 e. The highest BCUT2D eigenvalue weighted by molar-refractivity contribution is 5.93. The lowest BCUT2D eigenvalue weighted by atomic mass is 9.82. The second-order valence-electron chi connectivity index (χ2n) is 12.7. The summed E-state index contributed by atoms with van der Waals surface area (Å²) in [5, 5.41) is 14.8. The van der Waals surface area contributed by atoms with Crippen molar-refractivity contribution in [3.8, 4) is 0 Å². The number of likely N-dealkylation sites (tertiary alicyclic amines) is 1. The van der Waals surface area contributed by atoms with Crippen molar-refractivity contribution < 1.29 is 19.0 Å². The van der Waals surface area contributed by atoms with Crippen LogP contribution in [0.25, 0.3) is 0 Å². The summed E-state index contributed by atoms with van der Waals surface area (Å²) in [6.45, 7) is 13.0. The Morgan fingerprint density at radius 1 is 1.05 bits per heavy atom. The molecule has 2 fully saturated rings. The summed E-state index contributed by atoms with van der Waals surface area (Å²) in [6.07, 6.45) is 0.213. The third-order valence-corrected chi connectivity index (χ3v) is 8.68. The normalized spacial score (nSPS) is 21.2. The highest BCUT2D eigenvalue weighted by Gasteiger charge is 2.41. The van der Waals surface area contributed by atoms with E-state index < -0.39 is 24.0 Å². The van der Waals surface area contributed by atoms with Crippen LogP contribution in [0.1, 0.15) is 73.7 Å². The third kappa shape index (κ3) is 6.92. The van der Waals surface area contributed by atoms with Crippen LogP contribution in [0.5, 0.6) is 0 Å². The molecular weight excluding hydrogens is 529 g/mol. The first-order valence-corrected chi connectivity index (χ1v) is 15.1. The molecule has 0 radical (unpaired) electrons. The van der Waals surface area contributed by atoms with Gasteiger partial charge in [-0.1, -0.05) is 69.3 Å². The number of ether oxygens (including phenoxy) is 1. The molecule has 2 aliphatic rings. The molecule has 6 nitrogen and oxygen atoms in total. The molecule has 0 spiro atoms. The number of carbonyl (C=O) groups excluding carboxylic acids is 1. The van der Waals surface area contributed by atoms with Crippen LogP contribution in [0.3, 0.4) is 0 Å². The van der Waals surface area contributed by atoms with Crippen LogP contribution in [0.4, 0.5) is 10.1 Å². The molecule has 2 unspecified atom stereocenters. The zero-order chi connectivity index (χ0) is 29.9. The molecule has 3 aromatic carbocycles. The van der Waals surface area contributed by atoms with Crippen molar-refractivity contribution in [2.24, 2.45) is 5.92 Å². The first kappa shape index (κ1) is 30.4. The molecule has 0 saturated carbocycles. The van der Waals surface area contributed by atoms with Gasteiger partial charge in [-0.3, -0.25) is 14.6 Å². The van der Waals surface area contributed by atoms with Gasteiger partial charge in [0, 0.05) is 43.5 Å². The van der Waals surface area contributed by atoms with Crippen molar-refractivity contribution in [1.82, 2.24) is 9.80 Å². The number of piperidine rings is 1. The average molecular weight is 574 g/mol. The molecule has 1 amide bonds. The summed E-state index contributed by atoms with van der Waals surface area (Å²) in [5.41, 5.74) is 4.94. The number of morpholine rings is 1. The predicted molar refractivity (Wildman–Crippen MR) is 165 cm³/mol. The van der Waals surface area contributed by atoms with E-state index in [1.807, 2.05) is 36.1 Å². The van der Waals surface area contributed by atoms with Gasteiger partial charge in [-0.15, -0.1) is 0 Å². The summed E-state index contributed by atoms with van der Waals surface area (Å²) in [6, 6.07) is 20.8. The fourth-order valence-electron chi connectivity index (χ4n) is 6.27. The van der Waals surface area contributed by atoms with Crippen molar-refractivity contribution in [2.75, 3.05) is 38.2 Å². The molecule has 224 valence electrons. The average Bonchev–Trinajstić information content (AvgIpc) is 2.97. The number of nitrogens with zero attached hydrogens (tertiary/aromatic N) is 2. The van der Waals surface area contributed by atoms with E-state index in [9.17, 15) is 9.90 Å². The number of hydrogen-bond donors (Lipinski definition) is 2. The van der Waals surface area contributed by atoms with Crippen LogP contribution >= 0.6 is 0 Å². The standard InChI is InChI=1S/C35H44FN3O3/c1-24-8-5-12-30(36)31(24)34(41)39-17-7-11-29(33(40)37-28-10-6-9-27(22-28)35(2,3)4)32(39)26-15-13-25(14-16-26)23-38-18-20-42-21-19-38/h5-6,8-10,12-16,22,29,32,34,41H,7,11,17-21,23H2,1-4H3,(H,37,40)/t29-,32?,34?/m0/s1. The summed E-state index contributed by atoms with van der Waals surface area (Å²) in [5.74, 6) is -0.956. The van der Waals surface area contributed by atoms with E-state index >= 15 is 4.39 Å². The van der Waals surface area contributed by atoms with Crippen molar-refractivity contribution in [3.05, 3.63) is 100 Å². The second-order valence-corrected chi connectivity index (χ2v) is 12.7. The fourth-order valence-corrected chi connectivity index (χ4v) is 6.27. The van der Waals surface area contributed by atoms with E-state index in [0.717, 1.165) is 56.1 Å². The number of benzene rings is 3. The zero-order valence-electron chi connectivity index (χ0n) is 25.3. The van der Waals surface area contributed by atoms with E-state index in [4.69, 9.17) is 4.74 Å². The summed E-state index contributed by atoms with van der Waals surface area (Å²) in [7, 11) is 0. The molecule has 7 heteroatoms. The SMILES string of the molecule is Cc1cccc(F)c1C(O)N1CCC[C@H](C(=O)Nc2cccc(C(C)(C)C)c2)C1c1ccc(CN2CCOCC2)cc1. The van der Waals surface area contributed by atoms with Crippen LogP contribution in [-0.4, -0.2) is 53.7 Å². The van der Waals surface area contributed by atoms with Gasteiger partial charge in [0.15, 0.2) is 0 Å². The third-order valence-electron chi connectivity index (χ3n) is 8.68. The van der Waals surface area contributed by atoms with Gasteiger partial charge >= 0.3 is 0 Å². The maximum Gasteiger partial charge on any atom is 0.229 e. The minimum atomic E-state index is -1.18. The molecule has 0 aliphatic carbocycles. The molecule has 42 heavy (non-hydrogen) atoms. The zero-order valence-corrected chi connectivity index (χ0v) is 25.3. The van der Waals surface area contributed by atoms with Crippen molar-refractivity contribution >= 4 is 11.6 Å². The fraction of sp³-hybridized carbons (Fsp3) is 0.457. The number of anilines is 1. The molecule has 5 rings (SSSR count). The van der Waals surface area contributed by atoms with Crippen molar-refractivity contribution in [1.29, 1.82) is 0 Å². The Morgan fingerprint density at radius 2 is 1.76 bits per heavy atom. The van der Waals surface area contributed by atoms with Gasteiger partial charge in [-0.05, 0) is 65.6 Å². The molecule has 3 atom stereocenters. The number of carbonyl (C=O) groups is 1. The van der Waals surface area contributed by atoms with Gasteiger partial charge in [-0.2, -0.15) is 0 Å². The van der Waals surface area contributed by atoms with Crippen LogP contribution in [0, 0.1) is 18.7 Å². The molecule has 2 aliphatic heterocycles. The Balaban J connectivity index is 1.46. The lowest BCUT2D eigenvalue weighted by Crippen LogP contribution is -2.45. The first-order chi connectivity index (χ1) is 20.1. The van der Waals surface area contributed by atoms with Crippen LogP contribution in [0.15, 0.2) is 66.7 Å². The number of rotatable bonds is 7. The van der Waals surface area contributed by atoms with E-state index in [1.54, 1.807) is 6.07 Å². The highest BCUT2D eigenvalue weighted by atomic mass is 19.1. The topological polar surface area (TPSA) is 65.0 Å². The maximum absolute atomic E-state index is 15.1. The minimum absolute atomic E-state index is 0.0460. The predicted octanol–water partition coefficient (Wildman–Crippen LogP) is 6.35. The smallest absolute Gasteiger partial charge is 0.229 e. The lowest BCUT2D eigenvalue weighted by Gasteiger charge is -2.43. The van der Waals surface area contributed by atoms with Crippen molar-refractivity contribution in [3.63, 3.8) is 0 Å². The molecule has 0 bridgehead atoms. The molecule has 2 saturated heterocycles. The minimum Gasteiger partial charge on any atom is -0.379 e. The summed E-state index contributed by atoms with van der Waals surface area (Å²) >= 11 is 0. The number of aliphatic hydroxyl groups is 1. The van der Waals surface area contributed by atoms with Gasteiger partial charge in [0.1, 0.15) is 12.0 Å². The first-order valence-electron chi connectivity index (χ1n) is 15.1. The van der Waals surface area contributed by atoms with Gasteiger partial charge < -0.3 is 15.2 Å². The van der Waals surface area contributed by atoms with Gasteiger partial charge in [0.05, 0.1) is 19.1 Å². The number of aryl methyl sites for hydroxylation is 1. The summed E-state index contributed by atoms with van der Waals surface area (Å²) in [4.78, 5) is 18.2. The second kappa shape index (κ2) is 13.0. The molecule has 2 N–H and O–H groups in total. The van der Waals surface area contributed by atoms with Crippen molar-refractivity contribution in [2.45, 2.75) is 64.8 Å².